The molecule has 0 atom stereocenters. The fraction of sp³-hybridized carbons (Fsp3) is 0.318. The van der Waals surface area contributed by atoms with Gasteiger partial charge in [-0.25, -0.2) is 0 Å². The Kier molecular flexibility index (Phi) is 7.44. The average molecular weight is 368 g/mol. The highest BCUT2D eigenvalue weighted by Gasteiger charge is 2.11. The molecule has 0 heterocycles. The maximum absolute atomic E-state index is 12.6. The zero-order valence-electron chi connectivity index (χ0n) is 16.7. The van der Waals surface area contributed by atoms with Crippen LogP contribution in [0.1, 0.15) is 15.9 Å². The quantitative estimate of drug-likeness (QED) is 0.500. The summed E-state index contributed by atoms with van der Waals surface area (Å²) in [4.78, 5) is 17.0. The number of hydrogen-bond donors (Lipinski definition) is 0. The molecule has 0 fully saturated rings. The van der Waals surface area contributed by atoms with Crippen LogP contribution in [0.3, 0.4) is 0 Å². The van der Waals surface area contributed by atoms with Gasteiger partial charge in [0.15, 0.2) is 5.78 Å². The summed E-state index contributed by atoms with van der Waals surface area (Å²) in [6, 6.07) is 13.3. The van der Waals surface area contributed by atoms with Crippen molar-refractivity contribution < 1.29 is 14.3 Å². The van der Waals surface area contributed by atoms with Crippen LogP contribution in [0.25, 0.3) is 6.08 Å². The maximum Gasteiger partial charge on any atom is 0.189 e. The van der Waals surface area contributed by atoms with Crippen LogP contribution < -0.4 is 14.4 Å². The number of rotatable bonds is 9. The molecule has 0 saturated heterocycles. The van der Waals surface area contributed by atoms with Crippen LogP contribution in [-0.4, -0.2) is 59.1 Å². The van der Waals surface area contributed by atoms with Crippen molar-refractivity contribution in [1.29, 1.82) is 0 Å². The molecule has 144 valence electrons. The molecule has 2 aromatic rings. The SMILES string of the molecule is COc1ccc(OC)c(C(=O)/C=C/c2cccc(N(C)CCN(C)C)c2)c1. The number of ether oxygens (including phenoxy) is 2. The Morgan fingerprint density at radius 1 is 1.00 bits per heavy atom. The van der Waals surface area contributed by atoms with Crippen LogP contribution in [0.4, 0.5) is 5.69 Å². The largest absolute Gasteiger partial charge is 0.497 e. The molecule has 0 N–H and O–H groups in total. The highest BCUT2D eigenvalue weighted by atomic mass is 16.5. The maximum atomic E-state index is 12.6. The first-order valence-corrected chi connectivity index (χ1v) is 8.85. The van der Waals surface area contributed by atoms with Gasteiger partial charge in [0.05, 0.1) is 19.8 Å². The van der Waals surface area contributed by atoms with Gasteiger partial charge in [0, 0.05) is 25.8 Å². The van der Waals surface area contributed by atoms with E-state index in [1.54, 1.807) is 38.5 Å². The number of benzene rings is 2. The first kappa shape index (κ1) is 20.5. The van der Waals surface area contributed by atoms with E-state index >= 15 is 0 Å². The lowest BCUT2D eigenvalue weighted by Crippen LogP contribution is -2.28. The molecule has 0 amide bonds. The number of methoxy groups -OCH3 is 2. The molecule has 27 heavy (non-hydrogen) atoms. The number of nitrogens with zero attached hydrogens (tertiary/aromatic N) is 2. The summed E-state index contributed by atoms with van der Waals surface area (Å²) in [5.74, 6) is 1.02. The van der Waals surface area contributed by atoms with Crippen molar-refractivity contribution >= 4 is 17.5 Å². The van der Waals surface area contributed by atoms with Gasteiger partial charge < -0.3 is 19.3 Å². The molecule has 0 saturated carbocycles. The highest BCUT2D eigenvalue weighted by molar-refractivity contribution is 6.08. The topological polar surface area (TPSA) is 42.0 Å². The molecule has 0 aliphatic heterocycles. The summed E-state index contributed by atoms with van der Waals surface area (Å²) < 4.78 is 10.5. The van der Waals surface area contributed by atoms with E-state index < -0.39 is 0 Å². The fourth-order valence-electron chi connectivity index (χ4n) is 2.61. The van der Waals surface area contributed by atoms with Gasteiger partial charge in [-0.3, -0.25) is 4.79 Å². The van der Waals surface area contributed by atoms with Crippen molar-refractivity contribution in [2.24, 2.45) is 0 Å². The van der Waals surface area contributed by atoms with Crippen LogP contribution in [-0.2, 0) is 0 Å². The van der Waals surface area contributed by atoms with Gasteiger partial charge in [-0.1, -0.05) is 18.2 Å². The molecule has 0 unspecified atom stereocenters. The minimum absolute atomic E-state index is 0.128. The van der Waals surface area contributed by atoms with Crippen LogP contribution in [0, 0.1) is 0 Å². The minimum atomic E-state index is -0.128. The van der Waals surface area contributed by atoms with Crippen LogP contribution in [0.15, 0.2) is 48.5 Å². The molecule has 0 radical (unpaired) electrons. The molecule has 0 aliphatic carbocycles. The monoisotopic (exact) mass is 368 g/mol. The zero-order chi connectivity index (χ0) is 19.8. The fourth-order valence-corrected chi connectivity index (χ4v) is 2.61. The van der Waals surface area contributed by atoms with Crippen LogP contribution in [0.5, 0.6) is 11.5 Å². The molecule has 5 nitrogen and oxygen atoms in total. The molecule has 2 aromatic carbocycles. The molecule has 0 bridgehead atoms. The number of hydrogen-bond acceptors (Lipinski definition) is 5. The smallest absolute Gasteiger partial charge is 0.189 e. The normalized spacial score (nSPS) is 11.0. The summed E-state index contributed by atoms with van der Waals surface area (Å²) in [7, 11) is 9.31. The van der Waals surface area contributed by atoms with E-state index in [-0.39, 0.29) is 5.78 Å². The molecule has 5 heteroatoms. The molecular formula is C22H28N2O3. The third-order valence-corrected chi connectivity index (χ3v) is 4.29. The molecular weight excluding hydrogens is 340 g/mol. The minimum Gasteiger partial charge on any atom is -0.497 e. The molecule has 0 spiro atoms. The van der Waals surface area contributed by atoms with Crippen molar-refractivity contribution in [2.75, 3.05) is 53.4 Å². The van der Waals surface area contributed by atoms with Gasteiger partial charge >= 0.3 is 0 Å². The lowest BCUT2D eigenvalue weighted by Gasteiger charge is -2.21. The molecule has 0 aliphatic rings. The second kappa shape index (κ2) is 9.78. The van der Waals surface area contributed by atoms with Gasteiger partial charge in [-0.05, 0) is 56.1 Å². The zero-order valence-corrected chi connectivity index (χ0v) is 16.7. The van der Waals surface area contributed by atoms with Crippen LogP contribution in [0.2, 0.25) is 0 Å². The Labute approximate surface area is 161 Å². The van der Waals surface area contributed by atoms with Crippen molar-refractivity contribution in [2.45, 2.75) is 0 Å². The van der Waals surface area contributed by atoms with Gasteiger partial charge in [0.2, 0.25) is 0 Å². The van der Waals surface area contributed by atoms with Crippen molar-refractivity contribution in [3.8, 4) is 11.5 Å². The first-order valence-electron chi connectivity index (χ1n) is 8.85. The van der Waals surface area contributed by atoms with Gasteiger partial charge in [-0.15, -0.1) is 0 Å². The van der Waals surface area contributed by atoms with E-state index in [1.165, 1.54) is 0 Å². The van der Waals surface area contributed by atoms with Crippen LogP contribution >= 0.6 is 0 Å². The third kappa shape index (κ3) is 5.86. The summed E-state index contributed by atoms with van der Waals surface area (Å²) in [6.45, 7) is 1.91. The second-order valence-electron chi connectivity index (χ2n) is 6.58. The van der Waals surface area contributed by atoms with E-state index in [1.807, 2.05) is 18.2 Å². The van der Waals surface area contributed by atoms with E-state index in [0.717, 1.165) is 24.3 Å². The van der Waals surface area contributed by atoms with Crippen molar-refractivity contribution in [3.05, 3.63) is 59.7 Å². The Morgan fingerprint density at radius 2 is 1.78 bits per heavy atom. The second-order valence-corrected chi connectivity index (χ2v) is 6.58. The number of likely N-dealkylation sites (N-methyl/N-ethyl adjacent to an activating group) is 2. The summed E-state index contributed by atoms with van der Waals surface area (Å²) in [5, 5.41) is 0. The Bertz CT molecular complexity index is 800. The molecule has 2 rings (SSSR count). The van der Waals surface area contributed by atoms with Gasteiger partial charge in [0.25, 0.3) is 0 Å². The third-order valence-electron chi connectivity index (χ3n) is 4.29. The summed E-state index contributed by atoms with van der Waals surface area (Å²) in [6.07, 6.45) is 3.39. The average Bonchev–Trinajstić information content (AvgIpc) is 2.69. The standard InChI is InChI=1S/C22H28N2O3/c1-23(2)13-14-24(3)18-8-6-7-17(15-18)9-11-21(25)20-16-19(26-4)10-12-22(20)27-5/h6-12,15-16H,13-14H2,1-5H3/b11-9+. The Morgan fingerprint density at radius 3 is 2.44 bits per heavy atom. The summed E-state index contributed by atoms with van der Waals surface area (Å²) in [5.41, 5.74) is 2.57. The van der Waals surface area contributed by atoms with Gasteiger partial charge in [0.1, 0.15) is 11.5 Å². The highest BCUT2D eigenvalue weighted by Crippen LogP contribution is 2.25. The van der Waals surface area contributed by atoms with Gasteiger partial charge in [-0.2, -0.15) is 0 Å². The predicted molar refractivity (Wildman–Crippen MR) is 111 cm³/mol. The lowest BCUT2D eigenvalue weighted by molar-refractivity contribution is 0.104. The van der Waals surface area contributed by atoms with E-state index in [9.17, 15) is 4.79 Å². The number of ketones is 1. The molecule has 0 aromatic heterocycles. The Balaban J connectivity index is 2.16. The van der Waals surface area contributed by atoms with E-state index in [2.05, 4.69) is 43.1 Å². The number of anilines is 1. The number of carbonyl (C=O) groups excluding carboxylic acids is 1. The van der Waals surface area contributed by atoms with E-state index in [0.29, 0.717) is 17.1 Å². The summed E-state index contributed by atoms with van der Waals surface area (Å²) >= 11 is 0. The van der Waals surface area contributed by atoms with E-state index in [4.69, 9.17) is 9.47 Å². The number of carbonyl (C=O) groups is 1. The van der Waals surface area contributed by atoms with Crippen molar-refractivity contribution in [1.82, 2.24) is 4.90 Å². The van der Waals surface area contributed by atoms with Crippen molar-refractivity contribution in [3.63, 3.8) is 0 Å². The Hall–Kier alpha value is -2.79. The predicted octanol–water partition coefficient (Wildman–Crippen LogP) is 3.60. The number of allylic oxidation sites excluding steroid dienone is 1. The first-order chi connectivity index (χ1) is 12.9. The lowest BCUT2D eigenvalue weighted by atomic mass is 10.1.